The lowest BCUT2D eigenvalue weighted by Gasteiger charge is -2.18. The minimum Gasteiger partial charge on any atom is -0.468 e. The molecule has 0 aromatic rings. The largest absolute Gasteiger partial charge is 0.468 e. The van der Waals surface area contributed by atoms with Crippen molar-refractivity contribution in [2.24, 2.45) is 5.92 Å². The second kappa shape index (κ2) is 4.57. The summed E-state index contributed by atoms with van der Waals surface area (Å²) in [5.74, 6) is -0.706. The lowest BCUT2D eigenvalue weighted by molar-refractivity contribution is -0.143. The highest BCUT2D eigenvalue weighted by molar-refractivity contribution is 7.88. The maximum atomic E-state index is 11.1. The highest BCUT2D eigenvalue weighted by Gasteiger charge is 2.25. The van der Waals surface area contributed by atoms with Crippen LogP contribution in [0, 0.1) is 5.92 Å². The van der Waals surface area contributed by atoms with Crippen LogP contribution in [0.15, 0.2) is 0 Å². The second-order valence-electron chi connectivity index (χ2n) is 3.13. The van der Waals surface area contributed by atoms with Gasteiger partial charge in [-0.3, -0.25) is 4.79 Å². The topological polar surface area (TPSA) is 72.5 Å². The summed E-state index contributed by atoms with van der Waals surface area (Å²) >= 11 is 0. The van der Waals surface area contributed by atoms with Crippen LogP contribution in [-0.4, -0.2) is 33.8 Å². The van der Waals surface area contributed by atoms with Crippen molar-refractivity contribution in [1.82, 2.24) is 4.72 Å². The van der Waals surface area contributed by atoms with E-state index >= 15 is 0 Å². The van der Waals surface area contributed by atoms with Crippen LogP contribution in [0.4, 0.5) is 0 Å². The van der Waals surface area contributed by atoms with Crippen molar-refractivity contribution in [1.29, 1.82) is 0 Å². The fourth-order valence-electron chi connectivity index (χ4n) is 0.814. The van der Waals surface area contributed by atoms with E-state index in [-0.39, 0.29) is 5.92 Å². The molecule has 0 amide bonds. The van der Waals surface area contributed by atoms with Crippen LogP contribution in [0.25, 0.3) is 0 Å². The van der Waals surface area contributed by atoms with Crippen molar-refractivity contribution >= 4 is 16.0 Å². The Balaban J connectivity index is 4.55. The molecule has 0 bridgehead atoms. The molecular formula is C7H15NO4S. The summed E-state index contributed by atoms with van der Waals surface area (Å²) in [6, 6.07) is -0.806. The first kappa shape index (κ1) is 12.4. The molecule has 0 unspecified atom stereocenters. The minimum absolute atomic E-state index is 0.137. The lowest BCUT2D eigenvalue weighted by Crippen LogP contribution is -2.44. The zero-order valence-corrected chi connectivity index (χ0v) is 9.01. The minimum atomic E-state index is -3.37. The van der Waals surface area contributed by atoms with E-state index in [0.717, 1.165) is 6.26 Å². The SMILES string of the molecule is COC(=O)[C@@H](NS(C)(=O)=O)C(C)C. The molecule has 0 heterocycles. The van der Waals surface area contributed by atoms with Crippen molar-refractivity contribution in [3.05, 3.63) is 0 Å². The zero-order chi connectivity index (χ0) is 10.6. The highest BCUT2D eigenvalue weighted by Crippen LogP contribution is 2.04. The van der Waals surface area contributed by atoms with Gasteiger partial charge in [0, 0.05) is 0 Å². The maximum Gasteiger partial charge on any atom is 0.324 e. The molecule has 0 aliphatic heterocycles. The first-order valence-electron chi connectivity index (χ1n) is 3.83. The molecule has 0 aliphatic rings. The zero-order valence-electron chi connectivity index (χ0n) is 8.20. The molecular weight excluding hydrogens is 194 g/mol. The Morgan fingerprint density at radius 1 is 1.38 bits per heavy atom. The average molecular weight is 209 g/mol. The van der Waals surface area contributed by atoms with Gasteiger partial charge in [-0.2, -0.15) is 0 Å². The van der Waals surface area contributed by atoms with E-state index in [2.05, 4.69) is 9.46 Å². The summed E-state index contributed by atoms with van der Waals surface area (Å²) < 4.78 is 28.4. The van der Waals surface area contributed by atoms with Gasteiger partial charge in [0.15, 0.2) is 0 Å². The monoisotopic (exact) mass is 209 g/mol. The number of carbonyl (C=O) groups excluding carboxylic acids is 1. The van der Waals surface area contributed by atoms with Crippen LogP contribution in [0.1, 0.15) is 13.8 Å². The molecule has 1 N–H and O–H groups in total. The van der Waals surface area contributed by atoms with Gasteiger partial charge in [-0.1, -0.05) is 13.8 Å². The van der Waals surface area contributed by atoms with E-state index in [4.69, 9.17) is 0 Å². The first-order valence-corrected chi connectivity index (χ1v) is 5.72. The lowest BCUT2D eigenvalue weighted by atomic mass is 10.1. The molecule has 0 aromatic carbocycles. The summed E-state index contributed by atoms with van der Waals surface area (Å²) in [5, 5.41) is 0. The number of nitrogens with one attached hydrogen (secondary N) is 1. The van der Waals surface area contributed by atoms with Gasteiger partial charge in [0.05, 0.1) is 13.4 Å². The Morgan fingerprint density at radius 2 is 1.85 bits per heavy atom. The van der Waals surface area contributed by atoms with E-state index in [1.54, 1.807) is 13.8 Å². The fourth-order valence-corrected chi connectivity index (χ4v) is 1.64. The van der Waals surface area contributed by atoms with Crippen LogP contribution in [0.3, 0.4) is 0 Å². The van der Waals surface area contributed by atoms with E-state index in [0.29, 0.717) is 0 Å². The molecule has 0 saturated carbocycles. The Morgan fingerprint density at radius 3 is 2.08 bits per heavy atom. The van der Waals surface area contributed by atoms with Crippen molar-refractivity contribution in [3.63, 3.8) is 0 Å². The van der Waals surface area contributed by atoms with Crippen LogP contribution in [-0.2, 0) is 19.6 Å². The van der Waals surface area contributed by atoms with Gasteiger partial charge < -0.3 is 4.74 Å². The van der Waals surface area contributed by atoms with Crippen LogP contribution in [0.2, 0.25) is 0 Å². The molecule has 0 fully saturated rings. The Kier molecular flexibility index (Phi) is 4.35. The molecule has 6 heteroatoms. The number of methoxy groups -OCH3 is 1. The molecule has 0 aromatic heterocycles. The van der Waals surface area contributed by atoms with Gasteiger partial charge in [0.25, 0.3) is 0 Å². The number of esters is 1. The second-order valence-corrected chi connectivity index (χ2v) is 4.91. The van der Waals surface area contributed by atoms with Crippen LogP contribution < -0.4 is 4.72 Å². The molecule has 0 spiro atoms. The summed E-state index contributed by atoms with van der Waals surface area (Å²) in [6.07, 6.45) is 1.01. The van der Waals surface area contributed by atoms with Crippen molar-refractivity contribution < 1.29 is 17.9 Å². The van der Waals surface area contributed by atoms with Gasteiger partial charge in [-0.25, -0.2) is 13.1 Å². The molecule has 0 radical (unpaired) electrons. The average Bonchev–Trinajstić information content (AvgIpc) is 1.96. The number of carbonyl (C=O) groups is 1. The molecule has 78 valence electrons. The van der Waals surface area contributed by atoms with Crippen LogP contribution in [0.5, 0.6) is 0 Å². The van der Waals surface area contributed by atoms with Gasteiger partial charge in [-0.15, -0.1) is 0 Å². The Bertz CT molecular complexity index is 270. The summed E-state index contributed by atoms with van der Waals surface area (Å²) in [6.45, 7) is 3.47. The fraction of sp³-hybridized carbons (Fsp3) is 0.857. The quantitative estimate of drug-likeness (QED) is 0.647. The van der Waals surface area contributed by atoms with Gasteiger partial charge >= 0.3 is 5.97 Å². The third kappa shape index (κ3) is 4.84. The van der Waals surface area contributed by atoms with Gasteiger partial charge in [-0.05, 0) is 5.92 Å². The number of hydrogen-bond donors (Lipinski definition) is 1. The summed E-state index contributed by atoms with van der Waals surface area (Å²) in [5.41, 5.74) is 0. The predicted octanol–water partition coefficient (Wildman–Crippen LogP) is -0.267. The number of rotatable bonds is 4. The molecule has 0 rings (SSSR count). The molecule has 5 nitrogen and oxygen atoms in total. The molecule has 0 saturated heterocycles. The van der Waals surface area contributed by atoms with Crippen molar-refractivity contribution in [3.8, 4) is 0 Å². The first-order chi connectivity index (χ1) is 5.78. The predicted molar refractivity (Wildman–Crippen MR) is 48.6 cm³/mol. The van der Waals surface area contributed by atoms with Crippen molar-refractivity contribution in [2.75, 3.05) is 13.4 Å². The highest BCUT2D eigenvalue weighted by atomic mass is 32.2. The van der Waals surface area contributed by atoms with E-state index in [1.807, 2.05) is 0 Å². The van der Waals surface area contributed by atoms with Gasteiger partial charge in [0.1, 0.15) is 6.04 Å². The maximum absolute atomic E-state index is 11.1. The number of hydrogen-bond acceptors (Lipinski definition) is 4. The summed E-state index contributed by atoms with van der Waals surface area (Å²) in [4.78, 5) is 11.1. The van der Waals surface area contributed by atoms with E-state index in [9.17, 15) is 13.2 Å². The van der Waals surface area contributed by atoms with E-state index in [1.165, 1.54) is 7.11 Å². The van der Waals surface area contributed by atoms with Crippen LogP contribution >= 0.6 is 0 Å². The number of ether oxygens (including phenoxy) is 1. The molecule has 0 aliphatic carbocycles. The third-order valence-electron chi connectivity index (χ3n) is 1.46. The standard InChI is InChI=1S/C7H15NO4S/c1-5(2)6(7(9)12-3)8-13(4,10)11/h5-6,8H,1-4H3/t6-/m0/s1. The molecule has 13 heavy (non-hydrogen) atoms. The molecule has 1 atom stereocenters. The van der Waals surface area contributed by atoms with Crippen molar-refractivity contribution in [2.45, 2.75) is 19.9 Å². The Hall–Kier alpha value is -0.620. The van der Waals surface area contributed by atoms with E-state index < -0.39 is 22.0 Å². The van der Waals surface area contributed by atoms with Gasteiger partial charge in [0.2, 0.25) is 10.0 Å². The Labute approximate surface area is 78.5 Å². The third-order valence-corrected chi connectivity index (χ3v) is 2.14. The smallest absolute Gasteiger partial charge is 0.324 e. The number of sulfonamides is 1. The normalized spacial score (nSPS) is 14.2. The summed E-state index contributed by atoms with van der Waals surface area (Å²) in [7, 11) is -2.15.